The minimum atomic E-state index is -0.0266. The van der Waals surface area contributed by atoms with Gasteiger partial charge < -0.3 is 10.6 Å². The highest BCUT2D eigenvalue weighted by atomic mass is 16.2. The van der Waals surface area contributed by atoms with Gasteiger partial charge in [-0.3, -0.25) is 9.59 Å². The fraction of sp³-hybridized carbons (Fsp3) is 0.500. The molecule has 2 N–H and O–H groups in total. The summed E-state index contributed by atoms with van der Waals surface area (Å²) < 4.78 is 0. The minimum Gasteiger partial charge on any atom is -0.349 e. The largest absolute Gasteiger partial charge is 0.349 e. The molecule has 0 aliphatic heterocycles. The summed E-state index contributed by atoms with van der Waals surface area (Å²) in [6.07, 6.45) is 8.82. The Morgan fingerprint density at radius 1 is 0.929 bits per heavy atom. The molecule has 4 nitrogen and oxygen atoms in total. The molecule has 28 heavy (non-hydrogen) atoms. The Balaban J connectivity index is 1.70. The van der Waals surface area contributed by atoms with E-state index in [2.05, 4.69) is 24.5 Å². The van der Waals surface area contributed by atoms with Crippen molar-refractivity contribution in [1.82, 2.24) is 10.6 Å². The quantitative estimate of drug-likeness (QED) is 0.693. The number of carbonyl (C=O) groups is 2. The Labute approximate surface area is 168 Å². The van der Waals surface area contributed by atoms with Crippen molar-refractivity contribution in [3.63, 3.8) is 0 Å². The first-order valence-electron chi connectivity index (χ1n) is 10.8. The van der Waals surface area contributed by atoms with Gasteiger partial charge >= 0.3 is 0 Å². The third-order valence-corrected chi connectivity index (χ3v) is 5.77. The minimum absolute atomic E-state index is 0.000901. The fourth-order valence-corrected chi connectivity index (χ4v) is 4.04. The van der Waals surface area contributed by atoms with E-state index in [-0.39, 0.29) is 17.9 Å². The lowest BCUT2D eigenvalue weighted by molar-refractivity contribution is 0.0921. The van der Waals surface area contributed by atoms with E-state index in [4.69, 9.17) is 0 Å². The maximum atomic E-state index is 12.6. The molecule has 2 aromatic carbocycles. The summed E-state index contributed by atoms with van der Waals surface area (Å²) in [5, 5.41) is 8.24. The molecule has 1 atom stereocenters. The standard InChI is InChI=1S/C24H32N2O2/c1-3-8-21(4-2)25-23(27)19-13-11-18-16-20(14-12-17(18)15-19)24(28)26-22-9-6-5-7-10-22/h11-16,21-22H,3-10H2,1-2H3,(H,25,27)(H,26,28). The lowest BCUT2D eigenvalue weighted by Crippen LogP contribution is -2.36. The molecule has 0 saturated heterocycles. The van der Waals surface area contributed by atoms with Gasteiger partial charge in [0.05, 0.1) is 0 Å². The molecule has 3 rings (SSSR count). The van der Waals surface area contributed by atoms with Crippen molar-refractivity contribution in [2.75, 3.05) is 0 Å². The van der Waals surface area contributed by atoms with E-state index in [1.54, 1.807) is 0 Å². The molecule has 1 fully saturated rings. The zero-order valence-corrected chi connectivity index (χ0v) is 17.1. The summed E-state index contributed by atoms with van der Waals surface area (Å²) >= 11 is 0. The van der Waals surface area contributed by atoms with Crippen LogP contribution < -0.4 is 10.6 Å². The van der Waals surface area contributed by atoms with Gasteiger partial charge in [0.2, 0.25) is 0 Å². The number of hydrogen-bond acceptors (Lipinski definition) is 2. The van der Waals surface area contributed by atoms with Crippen LogP contribution in [0.2, 0.25) is 0 Å². The molecule has 0 aromatic heterocycles. The predicted molar refractivity (Wildman–Crippen MR) is 115 cm³/mol. The maximum absolute atomic E-state index is 12.6. The molecule has 0 radical (unpaired) electrons. The molecule has 1 aliphatic rings. The van der Waals surface area contributed by atoms with Crippen molar-refractivity contribution in [3.8, 4) is 0 Å². The van der Waals surface area contributed by atoms with E-state index in [1.807, 2.05) is 36.4 Å². The van der Waals surface area contributed by atoms with Crippen molar-refractivity contribution in [2.45, 2.75) is 77.3 Å². The van der Waals surface area contributed by atoms with Gasteiger partial charge in [-0.2, -0.15) is 0 Å². The lowest BCUT2D eigenvalue weighted by atomic mass is 9.95. The second-order valence-electron chi connectivity index (χ2n) is 7.95. The number of fused-ring (bicyclic) bond motifs is 1. The van der Waals surface area contributed by atoms with Crippen LogP contribution >= 0.6 is 0 Å². The highest BCUT2D eigenvalue weighted by Crippen LogP contribution is 2.21. The normalized spacial score (nSPS) is 15.9. The van der Waals surface area contributed by atoms with Gasteiger partial charge in [0.25, 0.3) is 11.8 Å². The zero-order valence-electron chi connectivity index (χ0n) is 17.1. The van der Waals surface area contributed by atoms with Crippen molar-refractivity contribution in [2.24, 2.45) is 0 Å². The zero-order chi connectivity index (χ0) is 19.9. The highest BCUT2D eigenvalue weighted by Gasteiger charge is 2.17. The fourth-order valence-electron chi connectivity index (χ4n) is 4.04. The van der Waals surface area contributed by atoms with Gasteiger partial charge in [0.15, 0.2) is 0 Å². The molecule has 150 valence electrons. The molecule has 2 amide bonds. The number of benzene rings is 2. The Morgan fingerprint density at radius 3 is 2.11 bits per heavy atom. The third kappa shape index (κ3) is 5.12. The molecule has 1 aliphatic carbocycles. The number of carbonyl (C=O) groups excluding carboxylic acids is 2. The van der Waals surface area contributed by atoms with E-state index >= 15 is 0 Å². The summed E-state index contributed by atoms with van der Waals surface area (Å²) in [4.78, 5) is 25.1. The van der Waals surface area contributed by atoms with E-state index < -0.39 is 0 Å². The Kier molecular flexibility index (Phi) is 7.07. The van der Waals surface area contributed by atoms with Crippen molar-refractivity contribution in [1.29, 1.82) is 0 Å². The van der Waals surface area contributed by atoms with Gasteiger partial charge in [-0.05, 0) is 60.7 Å². The summed E-state index contributed by atoms with van der Waals surface area (Å²) in [6, 6.07) is 11.9. The first-order valence-corrected chi connectivity index (χ1v) is 10.8. The molecule has 2 aromatic rings. The van der Waals surface area contributed by atoms with E-state index in [0.29, 0.717) is 17.2 Å². The van der Waals surface area contributed by atoms with Crippen LogP contribution in [-0.2, 0) is 0 Å². The monoisotopic (exact) mass is 380 g/mol. The van der Waals surface area contributed by atoms with Crippen LogP contribution in [0.3, 0.4) is 0 Å². The molecule has 0 bridgehead atoms. The first kappa shape index (κ1) is 20.4. The summed E-state index contributed by atoms with van der Waals surface area (Å²) in [5.41, 5.74) is 1.35. The van der Waals surface area contributed by atoms with Gasteiger partial charge in [-0.25, -0.2) is 0 Å². The average molecular weight is 381 g/mol. The molecule has 0 heterocycles. The topological polar surface area (TPSA) is 58.2 Å². The summed E-state index contributed by atoms with van der Waals surface area (Å²) in [7, 11) is 0. The Morgan fingerprint density at radius 2 is 1.54 bits per heavy atom. The van der Waals surface area contributed by atoms with Crippen molar-refractivity contribution in [3.05, 3.63) is 47.5 Å². The Hall–Kier alpha value is -2.36. The van der Waals surface area contributed by atoms with Crippen LogP contribution in [-0.4, -0.2) is 23.9 Å². The molecule has 1 unspecified atom stereocenters. The van der Waals surface area contributed by atoms with Crippen LogP contribution in [0.15, 0.2) is 36.4 Å². The van der Waals surface area contributed by atoms with Crippen molar-refractivity contribution < 1.29 is 9.59 Å². The molecule has 4 heteroatoms. The molecular weight excluding hydrogens is 348 g/mol. The summed E-state index contributed by atoms with van der Waals surface area (Å²) in [6.45, 7) is 4.23. The second-order valence-corrected chi connectivity index (χ2v) is 7.95. The third-order valence-electron chi connectivity index (χ3n) is 5.77. The first-order chi connectivity index (χ1) is 13.6. The number of nitrogens with one attached hydrogen (secondary N) is 2. The van der Waals surface area contributed by atoms with Crippen LogP contribution in [0.1, 0.15) is 85.9 Å². The van der Waals surface area contributed by atoms with Crippen LogP contribution in [0.5, 0.6) is 0 Å². The molecule has 0 spiro atoms. The molecule has 1 saturated carbocycles. The SMILES string of the molecule is CCCC(CC)NC(=O)c1ccc2cc(C(=O)NC3CCCCC3)ccc2c1. The number of hydrogen-bond donors (Lipinski definition) is 2. The van der Waals surface area contributed by atoms with Gasteiger partial charge in [-0.15, -0.1) is 0 Å². The van der Waals surface area contributed by atoms with Gasteiger partial charge in [0.1, 0.15) is 0 Å². The van der Waals surface area contributed by atoms with Gasteiger partial charge in [-0.1, -0.05) is 51.7 Å². The van der Waals surface area contributed by atoms with Crippen LogP contribution in [0.25, 0.3) is 10.8 Å². The maximum Gasteiger partial charge on any atom is 0.251 e. The predicted octanol–water partition coefficient (Wildman–Crippen LogP) is 5.21. The van der Waals surface area contributed by atoms with Crippen molar-refractivity contribution >= 4 is 22.6 Å². The Bertz CT molecular complexity index is 766. The van der Waals surface area contributed by atoms with Crippen LogP contribution in [0.4, 0.5) is 0 Å². The average Bonchev–Trinajstić information content (AvgIpc) is 2.73. The summed E-state index contributed by atoms with van der Waals surface area (Å²) in [5.74, 6) is -0.0257. The second kappa shape index (κ2) is 9.72. The highest BCUT2D eigenvalue weighted by molar-refractivity contribution is 6.02. The van der Waals surface area contributed by atoms with Crippen LogP contribution in [0, 0.1) is 0 Å². The van der Waals surface area contributed by atoms with E-state index in [0.717, 1.165) is 42.9 Å². The number of amides is 2. The number of rotatable bonds is 7. The smallest absolute Gasteiger partial charge is 0.251 e. The van der Waals surface area contributed by atoms with E-state index in [9.17, 15) is 9.59 Å². The lowest BCUT2D eigenvalue weighted by Gasteiger charge is -2.22. The van der Waals surface area contributed by atoms with E-state index in [1.165, 1.54) is 19.3 Å². The molecular formula is C24H32N2O2. The van der Waals surface area contributed by atoms with Gasteiger partial charge in [0, 0.05) is 23.2 Å².